The van der Waals surface area contributed by atoms with Crippen LogP contribution in [-0.2, 0) is 16.0 Å². The van der Waals surface area contributed by atoms with Crippen LogP contribution in [0.1, 0.15) is 16.2 Å². The van der Waals surface area contributed by atoms with Gasteiger partial charge in [0.25, 0.3) is 0 Å². The van der Waals surface area contributed by atoms with Crippen LogP contribution in [0, 0.1) is 0 Å². The maximum Gasteiger partial charge on any atom is 0.404 e. The van der Waals surface area contributed by atoms with Crippen molar-refractivity contribution in [3.05, 3.63) is 23.5 Å². The summed E-state index contributed by atoms with van der Waals surface area (Å²) < 4.78 is 9.09. The van der Waals surface area contributed by atoms with Gasteiger partial charge < -0.3 is 25.5 Å². The van der Waals surface area contributed by atoms with Gasteiger partial charge in [-0.2, -0.15) is 0 Å². The van der Waals surface area contributed by atoms with Crippen LogP contribution in [0.25, 0.3) is 0 Å². The summed E-state index contributed by atoms with van der Waals surface area (Å²) in [6.45, 7) is 1.22. The number of carbonyl (C=O) groups excluding carboxylic acids is 2. The third kappa shape index (κ3) is 4.56. The quantitative estimate of drug-likeness (QED) is 0.479. The Morgan fingerprint density at radius 1 is 1.47 bits per heavy atom. The Bertz CT molecular complexity index is 389. The number of esters is 1. The van der Waals surface area contributed by atoms with Crippen LogP contribution >= 0.6 is 0 Å². The van der Waals surface area contributed by atoms with E-state index in [1.54, 1.807) is 12.1 Å². The first-order valence-corrected chi connectivity index (χ1v) is 5.02. The summed E-state index contributed by atoms with van der Waals surface area (Å²) in [5.74, 6) is -0.409. The number of carbonyl (C=O) groups is 2. The molecule has 1 aromatic heterocycles. The number of nitrogens with two attached hydrogens (primary N) is 1. The van der Waals surface area contributed by atoms with Crippen LogP contribution in [-0.4, -0.2) is 37.3 Å². The fraction of sp³-hybridized carbons (Fsp3) is 0.400. The number of H-pyrrole nitrogens is 1. The molecule has 4 N–H and O–H groups in total. The molecule has 1 rings (SSSR count). The summed E-state index contributed by atoms with van der Waals surface area (Å²) in [6, 6.07) is 3.41. The molecule has 0 bridgehead atoms. The number of ether oxygens (including phenoxy) is 2. The Morgan fingerprint density at radius 3 is 2.88 bits per heavy atom. The SMILES string of the molecule is COC(=O)c1ccc(CNCCOC(N)=O)[nH]1. The summed E-state index contributed by atoms with van der Waals surface area (Å²) >= 11 is 0. The van der Waals surface area contributed by atoms with Crippen LogP contribution < -0.4 is 11.1 Å². The summed E-state index contributed by atoms with van der Waals surface area (Å²) in [7, 11) is 1.32. The lowest BCUT2D eigenvalue weighted by atomic mass is 10.4. The number of primary amides is 1. The third-order valence-corrected chi connectivity index (χ3v) is 1.99. The zero-order chi connectivity index (χ0) is 12.7. The van der Waals surface area contributed by atoms with Crippen LogP contribution in [0.2, 0.25) is 0 Å². The summed E-state index contributed by atoms with van der Waals surface area (Å²) in [4.78, 5) is 24.3. The van der Waals surface area contributed by atoms with Gasteiger partial charge in [-0.25, -0.2) is 9.59 Å². The minimum atomic E-state index is -0.792. The zero-order valence-corrected chi connectivity index (χ0v) is 9.49. The highest BCUT2D eigenvalue weighted by Crippen LogP contribution is 2.02. The number of aromatic amines is 1. The van der Waals surface area contributed by atoms with Gasteiger partial charge in [0.15, 0.2) is 0 Å². The molecule has 0 radical (unpaired) electrons. The van der Waals surface area contributed by atoms with Gasteiger partial charge in [-0.05, 0) is 12.1 Å². The van der Waals surface area contributed by atoms with Crippen LogP contribution in [0.5, 0.6) is 0 Å². The second kappa shape index (κ2) is 6.54. The Labute approximate surface area is 98.3 Å². The van der Waals surface area contributed by atoms with Crippen LogP contribution in [0.15, 0.2) is 12.1 Å². The van der Waals surface area contributed by atoms with E-state index in [9.17, 15) is 9.59 Å². The van der Waals surface area contributed by atoms with E-state index in [0.717, 1.165) is 5.69 Å². The number of amides is 1. The molecular formula is C10H15N3O4. The molecule has 1 aromatic rings. The monoisotopic (exact) mass is 241 g/mol. The smallest absolute Gasteiger partial charge is 0.404 e. The van der Waals surface area contributed by atoms with E-state index in [1.165, 1.54) is 7.11 Å². The molecule has 7 heteroatoms. The lowest BCUT2D eigenvalue weighted by Crippen LogP contribution is -2.23. The van der Waals surface area contributed by atoms with Crippen molar-refractivity contribution in [2.24, 2.45) is 5.73 Å². The van der Waals surface area contributed by atoms with E-state index >= 15 is 0 Å². The highest BCUT2D eigenvalue weighted by atomic mass is 16.5. The van der Waals surface area contributed by atoms with Crippen molar-refractivity contribution in [1.29, 1.82) is 0 Å². The first-order chi connectivity index (χ1) is 8.13. The van der Waals surface area contributed by atoms with Gasteiger partial charge >= 0.3 is 12.1 Å². The van der Waals surface area contributed by atoms with E-state index in [2.05, 4.69) is 19.8 Å². The van der Waals surface area contributed by atoms with E-state index in [1.807, 2.05) is 0 Å². The predicted molar refractivity (Wildman–Crippen MR) is 59.4 cm³/mol. The zero-order valence-electron chi connectivity index (χ0n) is 9.49. The number of rotatable bonds is 6. The highest BCUT2D eigenvalue weighted by molar-refractivity contribution is 5.87. The normalized spacial score (nSPS) is 9.94. The van der Waals surface area contributed by atoms with Crippen molar-refractivity contribution < 1.29 is 19.1 Å². The largest absolute Gasteiger partial charge is 0.464 e. The minimum absolute atomic E-state index is 0.208. The van der Waals surface area contributed by atoms with Crippen LogP contribution in [0.3, 0.4) is 0 Å². The Kier molecular flexibility index (Phi) is 5.02. The number of methoxy groups -OCH3 is 1. The number of hydrogen-bond donors (Lipinski definition) is 3. The van der Waals surface area contributed by atoms with E-state index in [4.69, 9.17) is 5.73 Å². The van der Waals surface area contributed by atoms with Crippen molar-refractivity contribution in [3.63, 3.8) is 0 Å². The first-order valence-electron chi connectivity index (χ1n) is 5.02. The molecule has 17 heavy (non-hydrogen) atoms. The Hall–Kier alpha value is -2.02. The fourth-order valence-corrected chi connectivity index (χ4v) is 1.22. The van der Waals surface area contributed by atoms with Gasteiger partial charge in [0.2, 0.25) is 0 Å². The van der Waals surface area contributed by atoms with Gasteiger partial charge in [-0.1, -0.05) is 0 Å². The topological polar surface area (TPSA) is 106 Å². The third-order valence-electron chi connectivity index (χ3n) is 1.99. The molecule has 0 unspecified atom stereocenters. The Balaban J connectivity index is 2.25. The second-order valence-electron chi connectivity index (χ2n) is 3.23. The van der Waals surface area contributed by atoms with Crippen molar-refractivity contribution in [3.8, 4) is 0 Å². The standard InChI is InChI=1S/C10H15N3O4/c1-16-9(14)8-3-2-7(13-8)6-12-4-5-17-10(11)15/h2-3,12-13H,4-6H2,1H3,(H2,11,15). The highest BCUT2D eigenvalue weighted by Gasteiger charge is 2.07. The molecule has 0 aliphatic heterocycles. The van der Waals surface area contributed by atoms with Gasteiger partial charge in [0, 0.05) is 18.8 Å². The minimum Gasteiger partial charge on any atom is -0.464 e. The molecule has 7 nitrogen and oxygen atoms in total. The molecule has 0 saturated heterocycles. The van der Waals surface area contributed by atoms with E-state index in [-0.39, 0.29) is 6.61 Å². The number of hydrogen-bond acceptors (Lipinski definition) is 5. The molecule has 0 atom stereocenters. The second-order valence-corrected chi connectivity index (χ2v) is 3.23. The molecule has 0 aliphatic carbocycles. The van der Waals surface area contributed by atoms with Crippen LogP contribution in [0.4, 0.5) is 4.79 Å². The van der Waals surface area contributed by atoms with Gasteiger partial charge in [0.05, 0.1) is 7.11 Å². The summed E-state index contributed by atoms with van der Waals surface area (Å²) in [5, 5.41) is 3.01. The van der Waals surface area contributed by atoms with Crippen molar-refractivity contribution in [1.82, 2.24) is 10.3 Å². The van der Waals surface area contributed by atoms with E-state index < -0.39 is 12.1 Å². The summed E-state index contributed by atoms with van der Waals surface area (Å²) in [6.07, 6.45) is -0.792. The van der Waals surface area contributed by atoms with E-state index in [0.29, 0.717) is 18.8 Å². The fourth-order valence-electron chi connectivity index (χ4n) is 1.22. The molecule has 1 amide bonds. The maximum atomic E-state index is 11.1. The number of nitrogens with one attached hydrogen (secondary N) is 2. The number of aromatic nitrogens is 1. The average Bonchev–Trinajstić information content (AvgIpc) is 2.76. The molecule has 0 aromatic carbocycles. The first kappa shape index (κ1) is 13.0. The van der Waals surface area contributed by atoms with Gasteiger partial charge in [-0.15, -0.1) is 0 Å². The molecule has 0 fully saturated rings. The van der Waals surface area contributed by atoms with Crippen molar-refractivity contribution in [2.75, 3.05) is 20.3 Å². The predicted octanol–water partition coefficient (Wildman–Crippen LogP) is -0.0138. The molecule has 0 aliphatic rings. The van der Waals surface area contributed by atoms with Crippen molar-refractivity contribution in [2.45, 2.75) is 6.54 Å². The molecule has 1 heterocycles. The average molecular weight is 241 g/mol. The Morgan fingerprint density at radius 2 is 2.24 bits per heavy atom. The van der Waals surface area contributed by atoms with Gasteiger partial charge in [-0.3, -0.25) is 0 Å². The van der Waals surface area contributed by atoms with Crippen molar-refractivity contribution >= 4 is 12.1 Å². The molecule has 0 spiro atoms. The maximum absolute atomic E-state index is 11.1. The molecular weight excluding hydrogens is 226 g/mol. The lowest BCUT2D eigenvalue weighted by molar-refractivity contribution is 0.0594. The van der Waals surface area contributed by atoms with Gasteiger partial charge in [0.1, 0.15) is 12.3 Å². The molecule has 94 valence electrons. The lowest BCUT2D eigenvalue weighted by Gasteiger charge is -2.03. The molecule has 0 saturated carbocycles. The summed E-state index contributed by atoms with van der Waals surface area (Å²) in [5.41, 5.74) is 6.03.